The van der Waals surface area contributed by atoms with E-state index in [-0.39, 0.29) is 0 Å². The van der Waals surface area contributed by atoms with Gasteiger partial charge >= 0.3 is 0 Å². The first-order chi connectivity index (χ1) is 7.31. The van der Waals surface area contributed by atoms with E-state index < -0.39 is 0 Å². The maximum absolute atomic E-state index is 5.52. The number of benzene rings is 1. The van der Waals surface area contributed by atoms with Crippen molar-refractivity contribution in [1.29, 1.82) is 0 Å². The Bertz CT molecular complexity index is 353. The molecule has 1 aromatic carbocycles. The van der Waals surface area contributed by atoms with Crippen LogP contribution in [0.2, 0.25) is 0 Å². The lowest BCUT2D eigenvalue weighted by Gasteiger charge is -2.20. The lowest BCUT2D eigenvalue weighted by atomic mass is 10.1. The normalized spacial score (nSPS) is 14.0. The minimum atomic E-state index is 0.480. The van der Waals surface area contributed by atoms with Crippen LogP contribution in [0, 0.1) is 6.92 Å². The van der Waals surface area contributed by atoms with E-state index in [2.05, 4.69) is 12.2 Å². The average Bonchev–Trinajstić information content (AvgIpc) is 2.26. The molecule has 4 nitrogen and oxygen atoms in total. The van der Waals surface area contributed by atoms with Crippen molar-refractivity contribution >= 4 is 0 Å². The van der Waals surface area contributed by atoms with Crippen molar-refractivity contribution in [2.75, 3.05) is 19.9 Å². The Morgan fingerprint density at radius 3 is 2.60 bits per heavy atom. The van der Waals surface area contributed by atoms with Gasteiger partial charge in [0.25, 0.3) is 0 Å². The molecular weight excluding hydrogens is 192 g/mol. The minimum Gasteiger partial charge on any atom is -0.486 e. The van der Waals surface area contributed by atoms with Gasteiger partial charge < -0.3 is 20.5 Å². The number of nitrogens with two attached hydrogens (primary N) is 1. The van der Waals surface area contributed by atoms with Crippen molar-refractivity contribution in [3.05, 3.63) is 23.3 Å². The summed E-state index contributed by atoms with van der Waals surface area (Å²) in [6.45, 7) is 4.56. The third-order valence-electron chi connectivity index (χ3n) is 2.46. The number of nitrogens with one attached hydrogen (secondary N) is 1. The first kappa shape index (κ1) is 10.3. The van der Waals surface area contributed by atoms with Crippen molar-refractivity contribution < 1.29 is 9.47 Å². The van der Waals surface area contributed by atoms with Gasteiger partial charge in [0, 0.05) is 13.2 Å². The summed E-state index contributed by atoms with van der Waals surface area (Å²) >= 11 is 0. The highest BCUT2D eigenvalue weighted by Crippen LogP contribution is 2.32. The van der Waals surface area contributed by atoms with E-state index in [1.54, 1.807) is 0 Å². The molecule has 4 heteroatoms. The Morgan fingerprint density at radius 2 is 1.93 bits per heavy atom. The topological polar surface area (TPSA) is 56.5 Å². The fourth-order valence-electron chi connectivity index (χ4n) is 1.63. The fourth-order valence-corrected chi connectivity index (χ4v) is 1.63. The third kappa shape index (κ3) is 2.22. The molecule has 0 aromatic heterocycles. The Balaban J connectivity index is 2.24. The van der Waals surface area contributed by atoms with Crippen LogP contribution in [0.25, 0.3) is 0 Å². The second kappa shape index (κ2) is 4.51. The number of rotatable bonds is 3. The molecule has 0 amide bonds. The maximum atomic E-state index is 5.52. The quantitative estimate of drug-likeness (QED) is 0.720. The monoisotopic (exact) mass is 208 g/mol. The summed E-state index contributed by atoms with van der Waals surface area (Å²) in [5, 5.41) is 3.09. The molecule has 1 aromatic rings. The molecule has 15 heavy (non-hydrogen) atoms. The predicted octanol–water partition coefficient (Wildman–Crippen LogP) is 0.772. The van der Waals surface area contributed by atoms with Crippen molar-refractivity contribution in [3.8, 4) is 11.5 Å². The molecule has 0 saturated carbocycles. The second-order valence-electron chi connectivity index (χ2n) is 3.55. The lowest BCUT2D eigenvalue weighted by molar-refractivity contribution is 0.171. The van der Waals surface area contributed by atoms with E-state index in [1.807, 2.05) is 12.1 Å². The van der Waals surface area contributed by atoms with Gasteiger partial charge in [-0.2, -0.15) is 0 Å². The maximum Gasteiger partial charge on any atom is 0.161 e. The van der Waals surface area contributed by atoms with Crippen LogP contribution >= 0.6 is 0 Å². The molecule has 0 spiro atoms. The third-order valence-corrected chi connectivity index (χ3v) is 2.46. The van der Waals surface area contributed by atoms with E-state index in [0.717, 1.165) is 18.0 Å². The van der Waals surface area contributed by atoms with Crippen LogP contribution in [-0.4, -0.2) is 19.9 Å². The van der Waals surface area contributed by atoms with Gasteiger partial charge in [-0.15, -0.1) is 0 Å². The van der Waals surface area contributed by atoms with Gasteiger partial charge in [-0.25, -0.2) is 0 Å². The highest BCUT2D eigenvalue weighted by Gasteiger charge is 2.13. The van der Waals surface area contributed by atoms with Crippen LogP contribution < -0.4 is 20.5 Å². The van der Waals surface area contributed by atoms with Crippen molar-refractivity contribution in [2.45, 2.75) is 13.5 Å². The smallest absolute Gasteiger partial charge is 0.161 e. The van der Waals surface area contributed by atoms with E-state index in [1.165, 1.54) is 11.1 Å². The molecule has 1 heterocycles. The van der Waals surface area contributed by atoms with Crippen molar-refractivity contribution in [2.24, 2.45) is 5.73 Å². The van der Waals surface area contributed by atoms with Crippen LogP contribution in [0.15, 0.2) is 12.1 Å². The summed E-state index contributed by atoms with van der Waals surface area (Å²) in [6.07, 6.45) is 0. The van der Waals surface area contributed by atoms with Crippen LogP contribution in [0.5, 0.6) is 11.5 Å². The van der Waals surface area contributed by atoms with Gasteiger partial charge in [0.15, 0.2) is 11.5 Å². The molecule has 0 bridgehead atoms. The summed E-state index contributed by atoms with van der Waals surface area (Å²) in [5.74, 6) is 1.68. The number of hydrogen-bond donors (Lipinski definition) is 2. The molecule has 1 aliphatic heterocycles. The Labute approximate surface area is 89.4 Å². The van der Waals surface area contributed by atoms with Crippen LogP contribution in [0.1, 0.15) is 11.1 Å². The van der Waals surface area contributed by atoms with E-state index in [4.69, 9.17) is 15.2 Å². The zero-order chi connectivity index (χ0) is 10.7. The van der Waals surface area contributed by atoms with Gasteiger partial charge in [-0.05, 0) is 30.2 Å². The van der Waals surface area contributed by atoms with E-state index in [9.17, 15) is 0 Å². The van der Waals surface area contributed by atoms with Gasteiger partial charge in [0.05, 0.1) is 0 Å². The molecule has 0 radical (unpaired) electrons. The Morgan fingerprint density at radius 1 is 1.27 bits per heavy atom. The molecule has 0 atom stereocenters. The van der Waals surface area contributed by atoms with Crippen molar-refractivity contribution in [3.63, 3.8) is 0 Å². The second-order valence-corrected chi connectivity index (χ2v) is 3.55. The molecule has 0 saturated heterocycles. The van der Waals surface area contributed by atoms with Crippen LogP contribution in [-0.2, 0) is 6.54 Å². The summed E-state index contributed by atoms with van der Waals surface area (Å²) in [7, 11) is 0. The standard InChI is InChI=1S/C11H16N2O2/c1-8-4-10-11(15-3-2-14-10)5-9(8)6-13-7-12/h4-5,13H,2-3,6-7,12H2,1H3. The largest absolute Gasteiger partial charge is 0.486 e. The fraction of sp³-hybridized carbons (Fsp3) is 0.455. The van der Waals surface area contributed by atoms with E-state index >= 15 is 0 Å². The molecule has 82 valence electrons. The Kier molecular flexibility index (Phi) is 3.08. The number of ether oxygens (including phenoxy) is 2. The van der Waals surface area contributed by atoms with Gasteiger partial charge in [0.1, 0.15) is 13.2 Å². The van der Waals surface area contributed by atoms with Gasteiger partial charge in [-0.3, -0.25) is 0 Å². The van der Waals surface area contributed by atoms with Gasteiger partial charge in [-0.1, -0.05) is 0 Å². The highest BCUT2D eigenvalue weighted by molar-refractivity contribution is 5.47. The number of aryl methyl sites for hydroxylation is 1. The van der Waals surface area contributed by atoms with Crippen molar-refractivity contribution in [1.82, 2.24) is 5.32 Å². The summed E-state index contributed by atoms with van der Waals surface area (Å²) < 4.78 is 11.0. The average molecular weight is 208 g/mol. The molecular formula is C11H16N2O2. The number of fused-ring (bicyclic) bond motifs is 1. The van der Waals surface area contributed by atoms with E-state index in [0.29, 0.717) is 19.9 Å². The predicted molar refractivity (Wildman–Crippen MR) is 58.1 cm³/mol. The minimum absolute atomic E-state index is 0.480. The molecule has 0 unspecified atom stereocenters. The van der Waals surface area contributed by atoms with Crippen LogP contribution in [0.3, 0.4) is 0 Å². The zero-order valence-electron chi connectivity index (χ0n) is 8.88. The lowest BCUT2D eigenvalue weighted by Crippen LogP contribution is -2.22. The summed E-state index contributed by atoms with van der Waals surface area (Å²) in [4.78, 5) is 0. The van der Waals surface area contributed by atoms with Crippen LogP contribution in [0.4, 0.5) is 0 Å². The molecule has 0 fully saturated rings. The highest BCUT2D eigenvalue weighted by atomic mass is 16.6. The first-order valence-corrected chi connectivity index (χ1v) is 5.11. The zero-order valence-corrected chi connectivity index (χ0v) is 8.88. The molecule has 2 rings (SSSR count). The SMILES string of the molecule is Cc1cc2c(cc1CNCN)OCCO2. The molecule has 0 aliphatic carbocycles. The van der Waals surface area contributed by atoms with Gasteiger partial charge in [0.2, 0.25) is 0 Å². The molecule has 1 aliphatic rings. The summed E-state index contributed by atoms with van der Waals surface area (Å²) in [6, 6.07) is 4.04. The Hall–Kier alpha value is -1.26. The summed E-state index contributed by atoms with van der Waals surface area (Å²) in [5.41, 5.74) is 7.79. The molecule has 3 N–H and O–H groups in total. The number of hydrogen-bond acceptors (Lipinski definition) is 4. The first-order valence-electron chi connectivity index (χ1n) is 5.11.